The lowest BCUT2D eigenvalue weighted by molar-refractivity contribution is -0.166. The van der Waals surface area contributed by atoms with Gasteiger partial charge in [0, 0.05) is 12.0 Å². The van der Waals surface area contributed by atoms with Gasteiger partial charge in [-0.2, -0.15) is 13.2 Å². The lowest BCUT2D eigenvalue weighted by Gasteiger charge is -2.15. The maximum atomic E-state index is 12.7. The summed E-state index contributed by atoms with van der Waals surface area (Å²) in [5.74, 6) is -0.460. The van der Waals surface area contributed by atoms with Crippen molar-refractivity contribution < 1.29 is 22.7 Å². The average Bonchev–Trinajstić information content (AvgIpc) is 3.09. The van der Waals surface area contributed by atoms with E-state index in [2.05, 4.69) is 10.2 Å². The lowest BCUT2D eigenvalue weighted by Crippen LogP contribution is -2.30. The number of esters is 1. The Bertz CT molecular complexity index is 505. The van der Waals surface area contributed by atoms with Crippen LogP contribution in [0.1, 0.15) is 18.9 Å². The highest BCUT2D eigenvalue weighted by Gasteiger charge is 2.65. The molecule has 1 aliphatic heterocycles. The molecule has 1 aromatic rings. The quantitative estimate of drug-likeness (QED) is 0.617. The Morgan fingerprint density at radius 2 is 2.06 bits per heavy atom. The Balaban J connectivity index is 2.26. The maximum absolute atomic E-state index is 12.7. The molecule has 0 amide bonds. The number of carbonyl (C=O) groups excluding carboxylic acids is 1. The van der Waals surface area contributed by atoms with Crippen molar-refractivity contribution in [1.82, 2.24) is 0 Å². The molecule has 0 spiro atoms. The molecule has 0 N–H and O–H groups in total. The van der Waals surface area contributed by atoms with Gasteiger partial charge in [0.2, 0.25) is 0 Å². The van der Waals surface area contributed by atoms with E-state index in [4.69, 9.17) is 4.74 Å². The van der Waals surface area contributed by atoms with Gasteiger partial charge in [-0.1, -0.05) is 19.1 Å². The zero-order valence-electron chi connectivity index (χ0n) is 9.36. The van der Waals surface area contributed by atoms with Crippen LogP contribution in [-0.2, 0) is 10.5 Å². The second-order valence-electron chi connectivity index (χ2n) is 3.73. The molecule has 0 saturated heterocycles. The maximum Gasteiger partial charge on any atom is 0.442 e. The van der Waals surface area contributed by atoms with E-state index in [-0.39, 0.29) is 17.7 Å². The molecule has 0 saturated carbocycles. The normalized spacial score (nSPS) is 16.4. The zero-order valence-corrected chi connectivity index (χ0v) is 9.36. The first-order chi connectivity index (χ1) is 8.39. The molecule has 7 heteroatoms. The first-order valence-electron chi connectivity index (χ1n) is 5.21. The van der Waals surface area contributed by atoms with Gasteiger partial charge in [-0.15, -0.1) is 10.2 Å². The van der Waals surface area contributed by atoms with Gasteiger partial charge in [0.1, 0.15) is 5.75 Å². The van der Waals surface area contributed by atoms with E-state index in [9.17, 15) is 18.0 Å². The summed E-state index contributed by atoms with van der Waals surface area (Å²) in [6, 6.07) is 5.14. The number of rotatable bonds is 3. The smallest absolute Gasteiger partial charge is 0.427 e. The van der Waals surface area contributed by atoms with Crippen molar-refractivity contribution in [2.75, 3.05) is 0 Å². The number of nitrogens with zero attached hydrogens (tertiary/aromatic N) is 2. The summed E-state index contributed by atoms with van der Waals surface area (Å²) in [5, 5.41) is 6.15. The fourth-order valence-corrected chi connectivity index (χ4v) is 1.42. The summed E-state index contributed by atoms with van der Waals surface area (Å²) in [7, 11) is 0. The minimum Gasteiger partial charge on any atom is -0.427 e. The molecule has 18 heavy (non-hydrogen) atoms. The van der Waals surface area contributed by atoms with Gasteiger partial charge in [-0.3, -0.25) is 4.79 Å². The lowest BCUT2D eigenvalue weighted by atomic mass is 10.0. The molecule has 0 fully saturated rings. The Morgan fingerprint density at radius 3 is 2.56 bits per heavy atom. The minimum absolute atomic E-state index is 0.0558. The van der Waals surface area contributed by atoms with Crippen molar-refractivity contribution in [3.05, 3.63) is 29.8 Å². The molecule has 0 unspecified atom stereocenters. The summed E-state index contributed by atoms with van der Waals surface area (Å²) >= 11 is 0. The number of benzene rings is 1. The molecule has 1 heterocycles. The fraction of sp³-hybridized carbons (Fsp3) is 0.364. The van der Waals surface area contributed by atoms with Crippen molar-refractivity contribution in [3.8, 4) is 5.75 Å². The van der Waals surface area contributed by atoms with Crippen LogP contribution < -0.4 is 4.74 Å². The van der Waals surface area contributed by atoms with E-state index in [0.717, 1.165) is 6.07 Å². The van der Waals surface area contributed by atoms with E-state index < -0.39 is 17.8 Å². The van der Waals surface area contributed by atoms with Crippen LogP contribution in [0.15, 0.2) is 34.5 Å². The number of hydrogen-bond donors (Lipinski definition) is 0. The number of alkyl halides is 3. The Labute approximate surface area is 100 Å². The number of carbonyl (C=O) groups is 1. The van der Waals surface area contributed by atoms with E-state index in [1.54, 1.807) is 6.92 Å². The van der Waals surface area contributed by atoms with Crippen molar-refractivity contribution in [1.29, 1.82) is 0 Å². The fourth-order valence-electron chi connectivity index (χ4n) is 1.42. The second kappa shape index (κ2) is 4.08. The molecule has 0 radical (unpaired) electrons. The van der Waals surface area contributed by atoms with Crippen LogP contribution in [0.3, 0.4) is 0 Å². The first-order valence-corrected chi connectivity index (χ1v) is 5.21. The number of halogens is 3. The largest absolute Gasteiger partial charge is 0.442 e. The third-order valence-corrected chi connectivity index (χ3v) is 2.45. The van der Waals surface area contributed by atoms with E-state index in [0.29, 0.717) is 0 Å². The van der Waals surface area contributed by atoms with Gasteiger partial charge in [0.15, 0.2) is 0 Å². The molecule has 0 atom stereocenters. The molecule has 0 aromatic heterocycles. The summed E-state index contributed by atoms with van der Waals surface area (Å²) < 4.78 is 43.1. The van der Waals surface area contributed by atoms with E-state index in [1.165, 1.54) is 18.2 Å². The Morgan fingerprint density at radius 1 is 1.39 bits per heavy atom. The summed E-state index contributed by atoms with van der Waals surface area (Å²) in [6.45, 7) is 1.59. The van der Waals surface area contributed by atoms with Gasteiger partial charge >= 0.3 is 17.8 Å². The molecule has 96 valence electrons. The number of hydrogen-bond acceptors (Lipinski definition) is 4. The monoisotopic (exact) mass is 258 g/mol. The van der Waals surface area contributed by atoms with Crippen LogP contribution in [0.25, 0.3) is 0 Å². The molecule has 2 rings (SSSR count). The summed E-state index contributed by atoms with van der Waals surface area (Å²) in [5.41, 5.74) is -2.64. The van der Waals surface area contributed by atoms with Gasteiger partial charge in [-0.05, 0) is 12.1 Å². The SMILES string of the molecule is CCC(=O)Oc1cccc(C2(C(F)(F)F)N=N2)c1. The van der Waals surface area contributed by atoms with Crippen LogP contribution in [-0.4, -0.2) is 12.1 Å². The van der Waals surface area contributed by atoms with Crippen molar-refractivity contribution in [2.45, 2.75) is 25.2 Å². The van der Waals surface area contributed by atoms with E-state index >= 15 is 0 Å². The second-order valence-corrected chi connectivity index (χ2v) is 3.73. The van der Waals surface area contributed by atoms with E-state index in [1.807, 2.05) is 0 Å². The molecular formula is C11H9F3N2O2. The van der Waals surface area contributed by atoms with Gasteiger partial charge < -0.3 is 4.74 Å². The van der Waals surface area contributed by atoms with Gasteiger partial charge in [-0.25, -0.2) is 0 Å². The summed E-state index contributed by atoms with van der Waals surface area (Å²) in [6.07, 6.45) is -4.44. The third kappa shape index (κ3) is 2.07. The van der Waals surface area contributed by atoms with Crippen molar-refractivity contribution >= 4 is 5.97 Å². The van der Waals surface area contributed by atoms with Crippen LogP contribution in [0.5, 0.6) is 5.75 Å². The minimum atomic E-state index is -4.58. The molecule has 0 aliphatic carbocycles. The van der Waals surface area contributed by atoms with Gasteiger partial charge in [0.05, 0.1) is 0 Å². The highest BCUT2D eigenvalue weighted by Crippen LogP contribution is 2.52. The molecule has 1 aromatic carbocycles. The predicted octanol–water partition coefficient (Wildman–Crippen LogP) is 3.18. The Kier molecular flexibility index (Phi) is 2.84. The predicted molar refractivity (Wildman–Crippen MR) is 55.0 cm³/mol. The zero-order chi connectivity index (χ0) is 13.4. The Hall–Kier alpha value is -1.92. The third-order valence-electron chi connectivity index (χ3n) is 2.45. The average molecular weight is 258 g/mol. The molecular weight excluding hydrogens is 249 g/mol. The first kappa shape index (κ1) is 12.5. The molecule has 4 nitrogen and oxygen atoms in total. The van der Waals surface area contributed by atoms with Crippen LogP contribution in [0.4, 0.5) is 13.2 Å². The van der Waals surface area contributed by atoms with Crippen molar-refractivity contribution in [3.63, 3.8) is 0 Å². The van der Waals surface area contributed by atoms with Crippen molar-refractivity contribution in [2.24, 2.45) is 10.2 Å². The number of ether oxygens (including phenoxy) is 1. The van der Waals surface area contributed by atoms with Gasteiger partial charge in [0.25, 0.3) is 0 Å². The standard InChI is InChI=1S/C11H9F3N2O2/c1-2-9(17)18-8-5-3-4-7(6-8)10(15-16-10)11(12,13)14/h3-6H,2H2,1H3. The topological polar surface area (TPSA) is 51.0 Å². The molecule has 1 aliphatic rings. The highest BCUT2D eigenvalue weighted by atomic mass is 19.4. The summed E-state index contributed by atoms with van der Waals surface area (Å²) in [4.78, 5) is 11.1. The van der Waals surface area contributed by atoms with Crippen LogP contribution >= 0.6 is 0 Å². The molecule has 0 bridgehead atoms. The van der Waals surface area contributed by atoms with Crippen LogP contribution in [0.2, 0.25) is 0 Å². The highest BCUT2D eigenvalue weighted by molar-refractivity contribution is 5.72. The van der Waals surface area contributed by atoms with Crippen LogP contribution in [0, 0.1) is 0 Å².